The fourth-order valence-corrected chi connectivity index (χ4v) is 12.6. The monoisotopic (exact) mass is 1580 g/mol. The van der Waals surface area contributed by atoms with Gasteiger partial charge in [-0.1, -0.05) is 70.7 Å². The number of nitrogen functional groups attached to an aromatic ring is 1. The summed E-state index contributed by atoms with van der Waals surface area (Å²) in [4.78, 5) is 88.9. The van der Waals surface area contributed by atoms with E-state index in [1.54, 1.807) is 150 Å². The Kier molecular flexibility index (Phi) is 23.9. The van der Waals surface area contributed by atoms with Crippen LogP contribution < -0.4 is 27.7 Å². The molecule has 0 amide bonds. The third kappa shape index (κ3) is 18.4. The molecule has 0 saturated heterocycles. The van der Waals surface area contributed by atoms with Crippen LogP contribution in [0.15, 0.2) is 203 Å². The van der Waals surface area contributed by atoms with Crippen molar-refractivity contribution in [3.63, 3.8) is 0 Å². The highest BCUT2D eigenvalue weighted by atomic mass is 35.5. The molecule has 111 heavy (non-hydrogen) atoms. The molecule has 7 heterocycles. The smallest absolute Gasteiger partial charge is 0.274 e. The molecule has 0 aliphatic rings. The number of nitro benzene ring substituents is 2. The summed E-state index contributed by atoms with van der Waals surface area (Å²) in [6.45, 7) is 11.1. The Hall–Kier alpha value is -11.9. The Bertz CT molecular complexity index is 6010. The SMILES string of the molecule is Cn1c(=O)c2ccc(-c3cnc(C(C)(C)O)nc3)cc2n1Cc1cc(N)ccc1Cl.Cn1c(=O)c2ccc(-c3cnc(C(C)(C)O)nc3)cc2n1Cc1cc(NCc2ccccn2)ccc1Cl.Cn1c(=O)c2ccc(-c3cnc(C(C)(C)O)nc3)cc2n1Cc1cc([N+](=O)[O-])ccc1Cl.O=[N+]([O-])c1ccc(Cl)c(CO)c1. The van der Waals surface area contributed by atoms with Gasteiger partial charge in [-0.2, -0.15) is 0 Å². The number of benzene rings is 7. The number of hydrogen-bond donors (Lipinski definition) is 6. The summed E-state index contributed by atoms with van der Waals surface area (Å²) in [6, 6.07) is 41.7. The van der Waals surface area contributed by atoms with Crippen LogP contribution in [0.1, 0.15) is 87.0 Å². The summed E-state index contributed by atoms with van der Waals surface area (Å²) in [5, 5.41) is 67.4. The highest BCUT2D eigenvalue weighted by molar-refractivity contribution is 6.32. The summed E-state index contributed by atoms with van der Waals surface area (Å²) in [5.41, 5.74) is 14.1. The summed E-state index contributed by atoms with van der Waals surface area (Å²) < 4.78 is 10.1. The number of nitrogens with zero attached hydrogens (tertiary/aromatic N) is 15. The Morgan fingerprint density at radius 2 is 0.775 bits per heavy atom. The van der Waals surface area contributed by atoms with Gasteiger partial charge in [-0.15, -0.1) is 0 Å². The van der Waals surface area contributed by atoms with E-state index in [0.29, 0.717) is 95.7 Å². The number of aliphatic hydroxyl groups excluding tert-OH is 1. The second-order valence-electron chi connectivity index (χ2n) is 27.5. The van der Waals surface area contributed by atoms with Gasteiger partial charge in [-0.05, 0) is 172 Å². The van der Waals surface area contributed by atoms with Gasteiger partial charge < -0.3 is 31.5 Å². The predicted molar refractivity (Wildman–Crippen MR) is 429 cm³/mol. The van der Waals surface area contributed by atoms with Crippen LogP contribution in [0, 0.1) is 20.2 Å². The van der Waals surface area contributed by atoms with E-state index in [9.17, 15) is 49.9 Å². The maximum absolute atomic E-state index is 13.0. The number of nitro groups is 2. The predicted octanol–water partition coefficient (Wildman–Crippen LogP) is 13.4. The van der Waals surface area contributed by atoms with Crippen LogP contribution >= 0.6 is 46.4 Å². The molecule has 0 atom stereocenters. The zero-order chi connectivity index (χ0) is 80.1. The van der Waals surface area contributed by atoms with Crippen molar-refractivity contribution >= 4 is 102 Å². The molecule has 32 heteroatoms. The van der Waals surface area contributed by atoms with Gasteiger partial charge in [0.2, 0.25) is 0 Å². The lowest BCUT2D eigenvalue weighted by Crippen LogP contribution is -2.19. The lowest BCUT2D eigenvalue weighted by molar-refractivity contribution is -0.385. The average molecular weight is 1580 g/mol. The molecule has 28 nitrogen and oxygen atoms in total. The van der Waals surface area contributed by atoms with Gasteiger partial charge in [0.05, 0.1) is 81.0 Å². The van der Waals surface area contributed by atoms with Gasteiger partial charge in [0.25, 0.3) is 28.1 Å². The van der Waals surface area contributed by atoms with Gasteiger partial charge in [0, 0.05) is 143 Å². The molecular weight excluding hydrogens is 1500 g/mol. The molecule has 0 aliphatic heterocycles. The van der Waals surface area contributed by atoms with Crippen LogP contribution in [0.3, 0.4) is 0 Å². The number of halogens is 4. The van der Waals surface area contributed by atoms with Crippen molar-refractivity contribution in [2.45, 2.75) is 91.1 Å². The van der Waals surface area contributed by atoms with E-state index in [1.165, 1.54) is 41.1 Å². The first-order chi connectivity index (χ1) is 52.6. The van der Waals surface area contributed by atoms with Gasteiger partial charge >= 0.3 is 0 Å². The second-order valence-corrected chi connectivity index (χ2v) is 29.1. The van der Waals surface area contributed by atoms with Crippen LogP contribution in [0.25, 0.3) is 66.1 Å². The molecule has 14 aromatic rings. The first-order valence-corrected chi connectivity index (χ1v) is 35.7. The summed E-state index contributed by atoms with van der Waals surface area (Å²) >= 11 is 24.8. The first kappa shape index (κ1) is 80.2. The minimum absolute atomic E-state index is 0.0662. The second kappa shape index (κ2) is 33.1. The number of non-ortho nitro benzene ring substituents is 2. The maximum Gasteiger partial charge on any atom is 0.274 e. The number of nitrogens with two attached hydrogens (primary N) is 1. The molecule has 570 valence electrons. The average Bonchev–Trinajstić information content (AvgIpc) is 1.63. The molecule has 0 spiro atoms. The number of nitrogens with one attached hydrogen (secondary N) is 1. The van der Waals surface area contributed by atoms with Crippen molar-refractivity contribution in [2.75, 3.05) is 11.1 Å². The van der Waals surface area contributed by atoms with Crippen LogP contribution in [-0.4, -0.2) is 93.3 Å². The third-order valence-corrected chi connectivity index (χ3v) is 19.5. The zero-order valence-electron chi connectivity index (χ0n) is 61.4. The van der Waals surface area contributed by atoms with E-state index in [4.69, 9.17) is 57.2 Å². The van der Waals surface area contributed by atoms with Crippen molar-refractivity contribution in [1.29, 1.82) is 0 Å². The van der Waals surface area contributed by atoms with Crippen LogP contribution in [0.4, 0.5) is 22.7 Å². The molecule has 7 aromatic carbocycles. The highest BCUT2D eigenvalue weighted by Crippen LogP contribution is 2.32. The van der Waals surface area contributed by atoms with E-state index in [1.807, 2.05) is 88.2 Å². The van der Waals surface area contributed by atoms with Crippen LogP contribution in [0.2, 0.25) is 20.1 Å². The number of anilines is 2. The third-order valence-electron chi connectivity index (χ3n) is 18.0. The van der Waals surface area contributed by atoms with Crippen molar-refractivity contribution in [2.24, 2.45) is 21.1 Å². The van der Waals surface area contributed by atoms with E-state index in [-0.39, 0.29) is 41.2 Å². The number of fused-ring (bicyclic) bond motifs is 3. The summed E-state index contributed by atoms with van der Waals surface area (Å²) in [6.07, 6.45) is 11.7. The normalized spacial score (nSPS) is 11.6. The molecule has 7 aromatic heterocycles. The molecule has 14 rings (SSSR count). The van der Waals surface area contributed by atoms with Crippen molar-refractivity contribution in [3.8, 4) is 33.4 Å². The lowest BCUT2D eigenvalue weighted by atomic mass is 10.1. The number of rotatable bonds is 18. The van der Waals surface area contributed by atoms with Gasteiger partial charge in [0.15, 0.2) is 17.5 Å². The van der Waals surface area contributed by atoms with Crippen molar-refractivity contribution in [1.82, 2.24) is 63.0 Å². The highest BCUT2D eigenvalue weighted by Gasteiger charge is 2.25. The molecular formula is C79H75Cl4N17O11. The molecule has 0 bridgehead atoms. The molecule has 0 unspecified atom stereocenters. The molecule has 0 saturated carbocycles. The number of hydrogen-bond acceptors (Lipinski definition) is 20. The van der Waals surface area contributed by atoms with Gasteiger partial charge in [-0.25, -0.2) is 29.9 Å². The fraction of sp³-hybridized carbons (Fsp3) is 0.215. The van der Waals surface area contributed by atoms with E-state index >= 15 is 0 Å². The minimum Gasteiger partial charge on any atom is -0.399 e. The minimum atomic E-state index is -1.15. The largest absolute Gasteiger partial charge is 0.399 e. The molecule has 0 aliphatic carbocycles. The van der Waals surface area contributed by atoms with Gasteiger partial charge in [-0.3, -0.25) is 67.7 Å². The number of pyridine rings is 1. The number of aliphatic hydroxyl groups is 4. The van der Waals surface area contributed by atoms with Crippen molar-refractivity contribution in [3.05, 3.63) is 306 Å². The Balaban J connectivity index is 0.000000154. The molecule has 7 N–H and O–H groups in total. The first-order valence-electron chi connectivity index (χ1n) is 34.2. The maximum atomic E-state index is 13.0. The zero-order valence-corrected chi connectivity index (χ0v) is 64.4. The standard InChI is InChI=1S/C28H27ClN6O2.C22H20ClN5O4.C22H22ClN5O2.C7H6ClNO3/c1-28(2,37)27-32-14-20(15-33-27)18-7-9-23-25(13-18)35(34(3)26(23)36)17-19-12-21(8-10-24(19)29)31-16-22-6-4-5-11-30-22;1-22(2,30)21-24-10-15(11-25-21)13-4-6-17-19(9-13)27(26(3)20(17)29)12-14-8-16(28(31)32)5-7-18(14)23;1-22(2,30)21-25-10-15(11-26-21)13-4-6-17-19(9-13)28(27(3)20(17)29)12-14-8-16(24)5-7-18(14)23;8-7-2-1-6(9(11)12)3-5(7)4-10/h4-15,31,37H,16-17H2,1-3H3;4-11,30H,12H2,1-3H3;4-11,30H,12,24H2,1-3H3;1-3,10H,4H2. The van der Waals surface area contributed by atoms with Crippen LogP contribution in [-0.2, 0) is 70.7 Å². The van der Waals surface area contributed by atoms with Crippen molar-refractivity contribution < 1.29 is 30.3 Å². The Morgan fingerprint density at radius 1 is 0.432 bits per heavy atom. The quantitative estimate of drug-likeness (QED) is 0.0264. The number of aromatic nitrogens is 13. The summed E-state index contributed by atoms with van der Waals surface area (Å²) in [5.74, 6) is 1.000. The van der Waals surface area contributed by atoms with E-state index in [2.05, 4.69) is 40.2 Å². The van der Waals surface area contributed by atoms with Crippen LogP contribution in [0.5, 0.6) is 0 Å². The van der Waals surface area contributed by atoms with E-state index < -0.39 is 26.6 Å². The fourth-order valence-electron chi connectivity index (χ4n) is 11.9. The Labute approximate surface area is 653 Å². The topological polar surface area (TPSA) is 376 Å². The molecule has 0 fully saturated rings. The lowest BCUT2D eigenvalue weighted by Gasteiger charge is -2.15. The molecule has 0 radical (unpaired) electrons. The summed E-state index contributed by atoms with van der Waals surface area (Å²) in [7, 11) is 5.11. The Morgan fingerprint density at radius 3 is 1.13 bits per heavy atom. The van der Waals surface area contributed by atoms with Gasteiger partial charge in [0.1, 0.15) is 16.8 Å². The van der Waals surface area contributed by atoms with E-state index in [0.717, 1.165) is 66.9 Å².